The van der Waals surface area contributed by atoms with E-state index in [-0.39, 0.29) is 17.0 Å². The summed E-state index contributed by atoms with van der Waals surface area (Å²) in [6, 6.07) is 0. The van der Waals surface area contributed by atoms with Crippen molar-refractivity contribution in [2.45, 2.75) is 25.3 Å². The van der Waals surface area contributed by atoms with E-state index in [1.165, 1.54) is 0 Å². The van der Waals surface area contributed by atoms with Gasteiger partial charge in [-0.25, -0.2) is 4.79 Å². The average molecular weight is 253 g/mol. The lowest BCUT2D eigenvalue weighted by Gasteiger charge is -2.24. The molecule has 1 aromatic rings. The molecule has 1 aliphatic rings. The molecular formula is C8H6F3NO3S. The molecule has 1 N–H and O–H groups in total. The van der Waals surface area contributed by atoms with Gasteiger partial charge in [0, 0.05) is 12.0 Å². The van der Waals surface area contributed by atoms with Gasteiger partial charge in [0.15, 0.2) is 6.10 Å². The van der Waals surface area contributed by atoms with Crippen LogP contribution in [0, 0.1) is 0 Å². The molecule has 8 heteroatoms. The standard InChI is InChI=1S/C8H6F3NO3S/c9-8(10,11)5-1-3-4(2-15-5)12-16-6(3)7(13)14/h5H,1-2H2,(H,13,14)/t5-/m0/s1. The zero-order valence-electron chi connectivity index (χ0n) is 7.74. The van der Waals surface area contributed by atoms with Crippen LogP contribution in [-0.4, -0.2) is 27.7 Å². The summed E-state index contributed by atoms with van der Waals surface area (Å²) >= 11 is 0.689. The predicted molar refractivity (Wildman–Crippen MR) is 47.4 cm³/mol. The van der Waals surface area contributed by atoms with E-state index in [0.29, 0.717) is 17.2 Å². The van der Waals surface area contributed by atoms with Gasteiger partial charge in [0.25, 0.3) is 0 Å². The largest absolute Gasteiger partial charge is 0.477 e. The molecule has 0 saturated heterocycles. The summed E-state index contributed by atoms with van der Waals surface area (Å²) in [6.07, 6.45) is -6.89. The second-order valence-electron chi connectivity index (χ2n) is 3.29. The van der Waals surface area contributed by atoms with Gasteiger partial charge in [0.2, 0.25) is 0 Å². The molecule has 1 aliphatic heterocycles. The van der Waals surface area contributed by atoms with Gasteiger partial charge in [-0.3, -0.25) is 0 Å². The van der Waals surface area contributed by atoms with Crippen LogP contribution in [0.2, 0.25) is 0 Å². The molecule has 0 saturated carbocycles. The van der Waals surface area contributed by atoms with Crippen LogP contribution >= 0.6 is 11.5 Å². The lowest BCUT2D eigenvalue weighted by Crippen LogP contribution is -2.36. The van der Waals surface area contributed by atoms with Gasteiger partial charge >= 0.3 is 12.1 Å². The number of nitrogens with zero attached hydrogens (tertiary/aromatic N) is 1. The Kier molecular flexibility index (Phi) is 2.62. The Bertz CT molecular complexity index is 429. The summed E-state index contributed by atoms with van der Waals surface area (Å²) in [5, 5.41) is 8.77. The molecule has 4 nitrogen and oxygen atoms in total. The van der Waals surface area contributed by atoms with Crippen LogP contribution in [0.25, 0.3) is 0 Å². The zero-order chi connectivity index (χ0) is 11.9. The maximum atomic E-state index is 12.4. The van der Waals surface area contributed by atoms with Crippen LogP contribution in [0.15, 0.2) is 0 Å². The van der Waals surface area contributed by atoms with Crippen LogP contribution in [0.5, 0.6) is 0 Å². The van der Waals surface area contributed by atoms with Crippen molar-refractivity contribution < 1.29 is 27.8 Å². The summed E-state index contributed by atoms with van der Waals surface area (Å²) in [6.45, 7) is -0.288. The van der Waals surface area contributed by atoms with Gasteiger partial charge in [0.05, 0.1) is 12.3 Å². The Balaban J connectivity index is 2.31. The lowest BCUT2D eigenvalue weighted by atomic mass is 10.0. The van der Waals surface area contributed by atoms with Gasteiger partial charge in [-0.15, -0.1) is 0 Å². The molecule has 0 aliphatic carbocycles. The molecule has 88 valence electrons. The van der Waals surface area contributed by atoms with E-state index in [1.807, 2.05) is 0 Å². The topological polar surface area (TPSA) is 59.4 Å². The van der Waals surface area contributed by atoms with Crippen molar-refractivity contribution in [3.8, 4) is 0 Å². The minimum atomic E-state index is -4.48. The third-order valence-corrected chi connectivity index (χ3v) is 3.15. The number of fused-ring (bicyclic) bond motifs is 1. The number of carboxylic acid groups (broad SMARTS) is 1. The highest BCUT2D eigenvalue weighted by molar-refractivity contribution is 7.08. The van der Waals surface area contributed by atoms with Crippen molar-refractivity contribution in [2.24, 2.45) is 0 Å². The van der Waals surface area contributed by atoms with Gasteiger partial charge in [-0.05, 0) is 11.5 Å². The number of carboxylic acids is 1. The SMILES string of the molecule is O=C(O)c1snc2c1C[C@@H](C(F)(F)F)OC2. The van der Waals surface area contributed by atoms with E-state index in [0.717, 1.165) is 0 Å². The van der Waals surface area contributed by atoms with E-state index in [2.05, 4.69) is 9.11 Å². The first-order valence-corrected chi connectivity index (χ1v) is 5.06. The highest BCUT2D eigenvalue weighted by Crippen LogP contribution is 2.33. The summed E-state index contributed by atoms with van der Waals surface area (Å²) < 4.78 is 45.5. The molecule has 2 heterocycles. The van der Waals surface area contributed by atoms with E-state index in [4.69, 9.17) is 5.11 Å². The van der Waals surface area contributed by atoms with Crippen LogP contribution in [0.3, 0.4) is 0 Å². The van der Waals surface area contributed by atoms with Crippen molar-refractivity contribution in [3.05, 3.63) is 16.1 Å². The number of hydrogen-bond donors (Lipinski definition) is 1. The molecule has 0 unspecified atom stereocenters. The Morgan fingerprint density at radius 1 is 1.56 bits per heavy atom. The normalized spacial score (nSPS) is 20.6. The Morgan fingerprint density at radius 3 is 2.81 bits per heavy atom. The quantitative estimate of drug-likeness (QED) is 0.829. The summed E-state index contributed by atoms with van der Waals surface area (Å²) in [5.74, 6) is -1.25. The van der Waals surface area contributed by atoms with Crippen molar-refractivity contribution in [3.63, 3.8) is 0 Å². The average Bonchev–Trinajstić information content (AvgIpc) is 2.58. The first-order valence-electron chi connectivity index (χ1n) is 4.28. The van der Waals surface area contributed by atoms with Crippen molar-refractivity contribution in [2.75, 3.05) is 0 Å². The number of alkyl halides is 3. The highest BCUT2D eigenvalue weighted by atomic mass is 32.1. The fraction of sp³-hybridized carbons (Fsp3) is 0.500. The summed E-state index contributed by atoms with van der Waals surface area (Å²) in [4.78, 5) is 10.6. The Labute approximate surface area is 91.8 Å². The molecule has 1 atom stereocenters. The smallest absolute Gasteiger partial charge is 0.414 e. The molecule has 0 aromatic carbocycles. The fourth-order valence-electron chi connectivity index (χ4n) is 1.47. The second-order valence-corrected chi connectivity index (χ2v) is 4.06. The number of ether oxygens (including phenoxy) is 1. The molecular weight excluding hydrogens is 247 g/mol. The van der Waals surface area contributed by atoms with Crippen molar-refractivity contribution in [1.82, 2.24) is 4.37 Å². The highest BCUT2D eigenvalue weighted by Gasteiger charge is 2.44. The van der Waals surface area contributed by atoms with Crippen LogP contribution in [0.1, 0.15) is 20.9 Å². The molecule has 0 radical (unpaired) electrons. The van der Waals surface area contributed by atoms with Gasteiger partial charge in [-0.1, -0.05) is 0 Å². The number of halogens is 3. The zero-order valence-corrected chi connectivity index (χ0v) is 8.56. The summed E-state index contributed by atoms with van der Waals surface area (Å²) in [7, 11) is 0. The minimum absolute atomic E-state index is 0.132. The first-order chi connectivity index (χ1) is 7.39. The molecule has 0 spiro atoms. The molecule has 16 heavy (non-hydrogen) atoms. The van der Waals surface area contributed by atoms with E-state index < -0.39 is 24.7 Å². The lowest BCUT2D eigenvalue weighted by molar-refractivity contribution is -0.226. The number of carbonyl (C=O) groups is 1. The molecule has 2 rings (SSSR count). The van der Waals surface area contributed by atoms with E-state index in [9.17, 15) is 18.0 Å². The summed E-state index contributed by atoms with van der Waals surface area (Å²) in [5.41, 5.74) is 0.439. The second kappa shape index (κ2) is 3.70. The first kappa shape index (κ1) is 11.3. The third kappa shape index (κ3) is 1.90. The maximum absolute atomic E-state index is 12.4. The minimum Gasteiger partial charge on any atom is -0.477 e. The van der Waals surface area contributed by atoms with E-state index >= 15 is 0 Å². The molecule has 1 aromatic heterocycles. The van der Waals surface area contributed by atoms with E-state index in [1.54, 1.807) is 0 Å². The fourth-order valence-corrected chi connectivity index (χ4v) is 2.22. The maximum Gasteiger partial charge on any atom is 0.414 e. The van der Waals surface area contributed by atoms with Crippen LogP contribution in [-0.2, 0) is 17.8 Å². The number of aromatic nitrogens is 1. The third-order valence-electron chi connectivity index (χ3n) is 2.24. The molecule has 0 fully saturated rings. The Hall–Kier alpha value is -1.15. The van der Waals surface area contributed by atoms with Gasteiger partial charge in [-0.2, -0.15) is 17.5 Å². The van der Waals surface area contributed by atoms with Crippen molar-refractivity contribution >= 4 is 17.5 Å². The van der Waals surface area contributed by atoms with Gasteiger partial charge in [0.1, 0.15) is 4.88 Å². The number of aromatic carboxylic acids is 1. The van der Waals surface area contributed by atoms with Crippen LogP contribution in [0.4, 0.5) is 13.2 Å². The molecule has 0 amide bonds. The van der Waals surface area contributed by atoms with Gasteiger partial charge < -0.3 is 9.84 Å². The predicted octanol–water partition coefficient (Wildman–Crippen LogP) is 1.84. The Morgan fingerprint density at radius 2 is 2.25 bits per heavy atom. The van der Waals surface area contributed by atoms with Crippen LogP contribution < -0.4 is 0 Å². The molecule has 0 bridgehead atoms. The van der Waals surface area contributed by atoms with Crippen molar-refractivity contribution in [1.29, 1.82) is 0 Å². The number of hydrogen-bond acceptors (Lipinski definition) is 4. The number of rotatable bonds is 1. The monoisotopic (exact) mass is 253 g/mol.